The fraction of sp³-hybridized carbons (Fsp3) is 0.583. The van der Waals surface area contributed by atoms with Crippen molar-refractivity contribution in [2.45, 2.75) is 25.3 Å². The number of carbonyl (C=O) groups excluding carboxylic acids is 1. The highest BCUT2D eigenvalue weighted by Gasteiger charge is 2.33. The van der Waals surface area contributed by atoms with Gasteiger partial charge < -0.3 is 14.5 Å². The van der Waals surface area contributed by atoms with Gasteiger partial charge in [0.2, 0.25) is 0 Å². The quantitative estimate of drug-likeness (QED) is 0.871. The molecule has 2 heterocycles. The van der Waals surface area contributed by atoms with Crippen molar-refractivity contribution < 1.29 is 13.9 Å². The number of alkyl halides is 1. The number of halogens is 1. The number of ether oxygens (including phenoxy) is 1. The summed E-state index contributed by atoms with van der Waals surface area (Å²) in [6.45, 7) is 3.21. The Morgan fingerprint density at radius 2 is 2.24 bits per heavy atom. The maximum Gasteiger partial charge on any atom is 0.255 e. The Balaban J connectivity index is 2.05. The van der Waals surface area contributed by atoms with Gasteiger partial charge in [-0.05, 0) is 25.8 Å². The third kappa shape index (κ3) is 2.90. The summed E-state index contributed by atoms with van der Waals surface area (Å²) in [5, 5.41) is 3.83. The largest absolute Gasteiger partial charge is 0.469 e. The van der Waals surface area contributed by atoms with Gasteiger partial charge in [-0.1, -0.05) is 15.9 Å². The maximum atomic E-state index is 12.1. The lowest BCUT2D eigenvalue weighted by Gasteiger charge is -2.36. The van der Waals surface area contributed by atoms with Crippen LogP contribution in [0.3, 0.4) is 0 Å². The Bertz CT molecular complexity index is 396. The summed E-state index contributed by atoms with van der Waals surface area (Å²) in [4.78, 5) is 12.1. The molecule has 1 aliphatic heterocycles. The van der Waals surface area contributed by atoms with Gasteiger partial charge >= 0.3 is 0 Å². The minimum atomic E-state index is -0.194. The minimum absolute atomic E-state index is 0.0804. The second-order valence-corrected chi connectivity index (χ2v) is 4.99. The van der Waals surface area contributed by atoms with Crippen LogP contribution in [0.1, 0.15) is 29.0 Å². The van der Waals surface area contributed by atoms with E-state index in [0.29, 0.717) is 18.8 Å². The SMILES string of the molecule is Cc1cc(C(=O)NC2(CBr)CCOCC2)co1. The highest BCUT2D eigenvalue weighted by molar-refractivity contribution is 9.09. The van der Waals surface area contributed by atoms with Crippen molar-refractivity contribution in [1.82, 2.24) is 5.32 Å². The Hall–Kier alpha value is -0.810. The van der Waals surface area contributed by atoms with E-state index in [1.54, 1.807) is 6.07 Å². The van der Waals surface area contributed by atoms with Gasteiger partial charge in [-0.25, -0.2) is 0 Å². The number of aryl methyl sites for hydroxylation is 1. The van der Waals surface area contributed by atoms with E-state index in [9.17, 15) is 4.79 Å². The van der Waals surface area contributed by atoms with E-state index in [1.807, 2.05) is 6.92 Å². The number of hydrogen-bond donors (Lipinski definition) is 1. The van der Waals surface area contributed by atoms with Crippen LogP contribution in [-0.2, 0) is 4.74 Å². The molecule has 0 bridgehead atoms. The van der Waals surface area contributed by atoms with Crippen molar-refractivity contribution >= 4 is 21.8 Å². The molecule has 4 nitrogen and oxygen atoms in total. The second kappa shape index (κ2) is 5.23. The van der Waals surface area contributed by atoms with Crippen LogP contribution in [0.2, 0.25) is 0 Å². The number of carbonyl (C=O) groups is 1. The van der Waals surface area contributed by atoms with Gasteiger partial charge in [-0.3, -0.25) is 4.79 Å². The molecule has 0 radical (unpaired) electrons. The first-order valence-electron chi connectivity index (χ1n) is 5.67. The van der Waals surface area contributed by atoms with Crippen molar-refractivity contribution in [3.63, 3.8) is 0 Å². The van der Waals surface area contributed by atoms with E-state index in [1.165, 1.54) is 6.26 Å². The first-order chi connectivity index (χ1) is 8.15. The lowest BCUT2D eigenvalue weighted by atomic mass is 9.92. The van der Waals surface area contributed by atoms with Crippen LogP contribution in [0.15, 0.2) is 16.7 Å². The highest BCUT2D eigenvalue weighted by Crippen LogP contribution is 2.23. The third-order valence-electron chi connectivity index (χ3n) is 3.08. The van der Waals surface area contributed by atoms with Gasteiger partial charge in [-0.2, -0.15) is 0 Å². The monoisotopic (exact) mass is 301 g/mol. The Morgan fingerprint density at radius 1 is 1.53 bits per heavy atom. The molecule has 5 heteroatoms. The summed E-state index contributed by atoms with van der Waals surface area (Å²) in [5.74, 6) is 0.665. The van der Waals surface area contributed by atoms with E-state index in [-0.39, 0.29) is 11.4 Å². The van der Waals surface area contributed by atoms with Crippen LogP contribution in [0, 0.1) is 6.92 Å². The standard InChI is InChI=1S/C12H16BrNO3/c1-9-6-10(7-17-9)11(15)14-12(8-13)2-4-16-5-3-12/h6-7H,2-5,8H2,1H3,(H,14,15). The number of rotatable bonds is 3. The third-order valence-corrected chi connectivity index (χ3v) is 4.15. The van der Waals surface area contributed by atoms with Crippen molar-refractivity contribution in [1.29, 1.82) is 0 Å². The molecule has 17 heavy (non-hydrogen) atoms. The average molecular weight is 302 g/mol. The lowest BCUT2D eigenvalue weighted by Crippen LogP contribution is -2.53. The van der Waals surface area contributed by atoms with Crippen LogP contribution in [0.25, 0.3) is 0 Å². The fourth-order valence-corrected chi connectivity index (χ4v) is 2.63. The van der Waals surface area contributed by atoms with E-state index in [0.717, 1.165) is 23.9 Å². The minimum Gasteiger partial charge on any atom is -0.469 e. The topological polar surface area (TPSA) is 51.5 Å². The first kappa shape index (κ1) is 12.6. The summed E-state index contributed by atoms with van der Waals surface area (Å²) >= 11 is 3.48. The van der Waals surface area contributed by atoms with Gasteiger partial charge in [0.05, 0.1) is 11.1 Å². The summed E-state index contributed by atoms with van der Waals surface area (Å²) in [6.07, 6.45) is 3.16. The smallest absolute Gasteiger partial charge is 0.255 e. The number of nitrogens with one attached hydrogen (secondary N) is 1. The molecule has 0 spiro atoms. The summed E-state index contributed by atoms with van der Waals surface area (Å²) in [7, 11) is 0. The van der Waals surface area contributed by atoms with Gasteiger partial charge in [0.15, 0.2) is 0 Å². The molecule has 0 aromatic carbocycles. The van der Waals surface area contributed by atoms with Gasteiger partial charge in [0, 0.05) is 18.5 Å². The molecule has 0 aliphatic carbocycles. The van der Waals surface area contributed by atoms with Gasteiger partial charge in [0.25, 0.3) is 5.91 Å². The Labute approximate surface area is 109 Å². The number of furan rings is 1. The average Bonchev–Trinajstić information content (AvgIpc) is 2.77. The van der Waals surface area contributed by atoms with Crippen molar-refractivity contribution in [3.8, 4) is 0 Å². The van der Waals surface area contributed by atoms with Gasteiger partial charge in [-0.15, -0.1) is 0 Å². The highest BCUT2D eigenvalue weighted by atomic mass is 79.9. The zero-order valence-electron chi connectivity index (χ0n) is 9.79. The second-order valence-electron chi connectivity index (χ2n) is 4.43. The maximum absolute atomic E-state index is 12.1. The van der Waals surface area contributed by atoms with E-state index >= 15 is 0 Å². The molecule has 1 aromatic heterocycles. The normalized spacial score (nSPS) is 18.9. The summed E-state index contributed by atoms with van der Waals surface area (Å²) in [6, 6.07) is 1.75. The molecule has 0 saturated carbocycles. The lowest BCUT2D eigenvalue weighted by molar-refractivity contribution is 0.0441. The molecule has 94 valence electrons. The zero-order valence-corrected chi connectivity index (χ0v) is 11.4. The molecule has 1 amide bonds. The van der Waals surface area contributed by atoms with Crippen LogP contribution >= 0.6 is 15.9 Å². The fourth-order valence-electron chi connectivity index (χ4n) is 1.93. The molecule has 1 fully saturated rings. The molecule has 1 aliphatic rings. The molecule has 1 N–H and O–H groups in total. The van der Waals surface area contributed by atoms with Crippen molar-refractivity contribution in [2.24, 2.45) is 0 Å². The zero-order chi connectivity index (χ0) is 12.3. The van der Waals surface area contributed by atoms with Crippen LogP contribution < -0.4 is 5.32 Å². The molecular formula is C12H16BrNO3. The van der Waals surface area contributed by atoms with Crippen LogP contribution in [0.5, 0.6) is 0 Å². The molecule has 2 rings (SSSR count). The summed E-state index contributed by atoms with van der Waals surface area (Å²) in [5.41, 5.74) is 0.384. The van der Waals surface area contributed by atoms with E-state index in [2.05, 4.69) is 21.2 Å². The number of amides is 1. The summed E-state index contributed by atoms with van der Waals surface area (Å²) < 4.78 is 10.5. The van der Waals surface area contributed by atoms with Crippen LogP contribution in [0.4, 0.5) is 0 Å². The van der Waals surface area contributed by atoms with Crippen LogP contribution in [-0.4, -0.2) is 30.0 Å². The molecule has 0 unspecified atom stereocenters. The van der Waals surface area contributed by atoms with Gasteiger partial charge in [0.1, 0.15) is 12.0 Å². The molecular weight excluding hydrogens is 286 g/mol. The molecule has 1 aromatic rings. The number of hydrogen-bond acceptors (Lipinski definition) is 3. The Morgan fingerprint density at radius 3 is 2.76 bits per heavy atom. The first-order valence-corrected chi connectivity index (χ1v) is 6.79. The van der Waals surface area contributed by atoms with Crippen molar-refractivity contribution in [2.75, 3.05) is 18.5 Å². The predicted octanol–water partition coefficient (Wildman–Crippen LogP) is 2.26. The van der Waals surface area contributed by atoms with E-state index in [4.69, 9.17) is 9.15 Å². The van der Waals surface area contributed by atoms with E-state index < -0.39 is 0 Å². The predicted molar refractivity (Wildman–Crippen MR) is 67.5 cm³/mol. The molecule has 0 atom stereocenters. The Kier molecular flexibility index (Phi) is 3.89. The molecule has 1 saturated heterocycles. The van der Waals surface area contributed by atoms with Crippen molar-refractivity contribution in [3.05, 3.63) is 23.7 Å².